The van der Waals surface area contributed by atoms with Gasteiger partial charge >= 0.3 is 12.1 Å². The van der Waals surface area contributed by atoms with E-state index in [-0.39, 0.29) is 11.8 Å². The minimum Gasteiger partial charge on any atom is -0.353 e. The number of aryl methyl sites for hydroxylation is 1. The van der Waals surface area contributed by atoms with Crippen LogP contribution in [-0.2, 0) is 9.59 Å². The van der Waals surface area contributed by atoms with Crippen molar-refractivity contribution in [1.82, 2.24) is 15.2 Å². The smallest absolute Gasteiger partial charge is 0.353 e. The molecule has 31 heavy (non-hydrogen) atoms. The Labute approximate surface area is 178 Å². The van der Waals surface area contributed by atoms with Crippen molar-refractivity contribution in [3.63, 3.8) is 0 Å². The highest BCUT2D eigenvalue weighted by atomic mass is 19.4. The number of hydrogen-bond acceptors (Lipinski definition) is 4. The van der Waals surface area contributed by atoms with Gasteiger partial charge in [-0.2, -0.15) is 13.2 Å². The van der Waals surface area contributed by atoms with E-state index >= 15 is 0 Å². The second-order valence-electron chi connectivity index (χ2n) is 8.33. The number of fused-ring (bicyclic) bond motifs is 1. The third-order valence-electron chi connectivity index (χ3n) is 5.94. The van der Waals surface area contributed by atoms with Crippen molar-refractivity contribution in [3.05, 3.63) is 35.4 Å². The molecule has 0 unspecified atom stereocenters. The van der Waals surface area contributed by atoms with Gasteiger partial charge in [-0.1, -0.05) is 18.2 Å². The van der Waals surface area contributed by atoms with Gasteiger partial charge in [0, 0.05) is 43.0 Å². The number of halogens is 3. The second-order valence-corrected chi connectivity index (χ2v) is 8.33. The summed E-state index contributed by atoms with van der Waals surface area (Å²) in [6.45, 7) is 5.63. The molecule has 1 aliphatic carbocycles. The number of carbonyl (C=O) groups excluding carboxylic acids is 2. The molecule has 2 aromatic rings. The summed E-state index contributed by atoms with van der Waals surface area (Å²) in [6, 6.07) is 6.57. The molecule has 2 heterocycles. The van der Waals surface area contributed by atoms with E-state index in [4.69, 9.17) is 4.98 Å². The van der Waals surface area contributed by atoms with E-state index in [0.29, 0.717) is 37.6 Å². The summed E-state index contributed by atoms with van der Waals surface area (Å²) in [5, 5.41) is 2.85. The van der Waals surface area contributed by atoms with E-state index in [1.807, 2.05) is 40.2 Å². The van der Waals surface area contributed by atoms with E-state index in [1.165, 1.54) is 6.92 Å². The van der Waals surface area contributed by atoms with E-state index in [9.17, 15) is 22.8 Å². The van der Waals surface area contributed by atoms with Crippen LogP contribution in [0.3, 0.4) is 0 Å². The van der Waals surface area contributed by atoms with Crippen LogP contribution in [0.1, 0.15) is 36.9 Å². The second kappa shape index (κ2) is 8.01. The summed E-state index contributed by atoms with van der Waals surface area (Å²) < 4.78 is 38.4. The number of nitrogens with zero attached hydrogens (tertiary/aromatic N) is 3. The standard InChI is InChI=1S/C22H25F3N4O2/c1-13-4-3-5-16-12-17(14(2)26-21(31)22(23,24)25)19(27-18(13)16)28-8-10-29(11-9-28)20(30)15-6-7-15/h3-5,12,14-15H,6-11H2,1-2H3,(H,26,31)/t14-/m0/s1. The molecule has 0 bridgehead atoms. The Morgan fingerprint density at radius 2 is 1.84 bits per heavy atom. The highest BCUT2D eigenvalue weighted by molar-refractivity contribution is 5.86. The van der Waals surface area contributed by atoms with Crippen LogP contribution < -0.4 is 10.2 Å². The van der Waals surface area contributed by atoms with Crippen LogP contribution in [-0.4, -0.2) is 54.1 Å². The molecule has 1 aliphatic heterocycles. The first-order chi connectivity index (χ1) is 14.6. The fraction of sp³-hybridized carbons (Fsp3) is 0.500. The molecule has 166 valence electrons. The number of pyridine rings is 1. The topological polar surface area (TPSA) is 65.5 Å². The molecular weight excluding hydrogens is 409 g/mol. The minimum atomic E-state index is -4.95. The lowest BCUT2D eigenvalue weighted by molar-refractivity contribution is -0.174. The normalized spacial score (nSPS) is 18.2. The Kier molecular flexibility index (Phi) is 5.53. The van der Waals surface area contributed by atoms with Gasteiger partial charge < -0.3 is 15.1 Å². The van der Waals surface area contributed by atoms with Gasteiger partial charge in [-0.15, -0.1) is 0 Å². The number of nitrogens with one attached hydrogen (secondary N) is 1. The van der Waals surface area contributed by atoms with Crippen molar-refractivity contribution in [2.45, 2.75) is 38.9 Å². The lowest BCUT2D eigenvalue weighted by Crippen LogP contribution is -2.50. The maximum atomic E-state index is 12.8. The first-order valence-corrected chi connectivity index (χ1v) is 10.5. The molecule has 1 saturated carbocycles. The van der Waals surface area contributed by atoms with Gasteiger partial charge in [-0.3, -0.25) is 9.59 Å². The van der Waals surface area contributed by atoms with Crippen LogP contribution in [0.15, 0.2) is 24.3 Å². The van der Waals surface area contributed by atoms with Gasteiger partial charge in [0.1, 0.15) is 5.82 Å². The number of benzene rings is 1. The molecule has 4 rings (SSSR count). The lowest BCUT2D eigenvalue weighted by Gasteiger charge is -2.37. The molecular formula is C22H25F3N4O2. The highest BCUT2D eigenvalue weighted by Gasteiger charge is 2.40. The molecule has 1 saturated heterocycles. The Balaban J connectivity index is 1.64. The molecule has 2 amide bonds. The predicted molar refractivity (Wildman–Crippen MR) is 111 cm³/mol. The van der Waals surface area contributed by atoms with Crippen molar-refractivity contribution in [3.8, 4) is 0 Å². The van der Waals surface area contributed by atoms with Crippen molar-refractivity contribution >= 4 is 28.5 Å². The fourth-order valence-corrected chi connectivity index (χ4v) is 4.01. The van der Waals surface area contributed by atoms with E-state index in [1.54, 1.807) is 6.07 Å². The first kappa shape index (κ1) is 21.4. The number of hydrogen-bond donors (Lipinski definition) is 1. The monoisotopic (exact) mass is 434 g/mol. The van der Waals surface area contributed by atoms with E-state index in [2.05, 4.69) is 0 Å². The third-order valence-corrected chi connectivity index (χ3v) is 5.94. The predicted octanol–water partition coefficient (Wildman–Crippen LogP) is 3.34. The van der Waals surface area contributed by atoms with Crippen LogP contribution in [0.5, 0.6) is 0 Å². The number of amides is 2. The molecule has 2 aliphatic rings. The molecule has 1 N–H and O–H groups in total. The number of anilines is 1. The lowest BCUT2D eigenvalue weighted by atomic mass is 10.0. The number of aromatic nitrogens is 1. The largest absolute Gasteiger partial charge is 0.471 e. The Bertz CT molecular complexity index is 1010. The van der Waals surface area contributed by atoms with Gasteiger partial charge in [-0.05, 0) is 38.3 Å². The summed E-state index contributed by atoms with van der Waals surface area (Å²) in [4.78, 5) is 32.5. The molecule has 2 fully saturated rings. The van der Waals surface area contributed by atoms with Gasteiger partial charge in [0.15, 0.2) is 0 Å². The van der Waals surface area contributed by atoms with Crippen LogP contribution in [0.4, 0.5) is 19.0 Å². The molecule has 1 atom stereocenters. The third kappa shape index (κ3) is 4.45. The van der Waals surface area contributed by atoms with Gasteiger partial charge in [0.2, 0.25) is 5.91 Å². The Morgan fingerprint density at radius 1 is 1.16 bits per heavy atom. The van der Waals surface area contributed by atoms with E-state index in [0.717, 1.165) is 29.3 Å². The van der Waals surface area contributed by atoms with Crippen molar-refractivity contribution < 1.29 is 22.8 Å². The molecule has 9 heteroatoms. The average molecular weight is 434 g/mol. The molecule has 6 nitrogen and oxygen atoms in total. The summed E-state index contributed by atoms with van der Waals surface area (Å²) in [7, 11) is 0. The molecule has 1 aromatic carbocycles. The maximum absolute atomic E-state index is 12.8. The Morgan fingerprint density at radius 3 is 2.45 bits per heavy atom. The van der Waals surface area contributed by atoms with Crippen LogP contribution in [0, 0.1) is 12.8 Å². The van der Waals surface area contributed by atoms with Crippen molar-refractivity contribution in [2.24, 2.45) is 5.92 Å². The first-order valence-electron chi connectivity index (χ1n) is 10.5. The van der Waals surface area contributed by atoms with Crippen LogP contribution >= 0.6 is 0 Å². The number of para-hydroxylation sites is 1. The maximum Gasteiger partial charge on any atom is 0.471 e. The zero-order chi connectivity index (χ0) is 22.3. The van der Waals surface area contributed by atoms with Crippen LogP contribution in [0.2, 0.25) is 0 Å². The molecule has 0 spiro atoms. The Hall–Kier alpha value is -2.84. The summed E-state index contributed by atoms with van der Waals surface area (Å²) in [5.74, 6) is -1.08. The molecule has 0 radical (unpaired) electrons. The van der Waals surface area contributed by atoms with Gasteiger partial charge in [0.05, 0.1) is 11.6 Å². The summed E-state index contributed by atoms with van der Waals surface area (Å²) in [6.07, 6.45) is -3.06. The number of rotatable bonds is 4. The SMILES string of the molecule is Cc1cccc2cc([C@H](C)NC(=O)C(F)(F)F)c(N3CCN(C(=O)C4CC4)CC3)nc12. The van der Waals surface area contributed by atoms with Gasteiger partial charge in [-0.25, -0.2) is 4.98 Å². The van der Waals surface area contributed by atoms with E-state index < -0.39 is 18.1 Å². The quantitative estimate of drug-likeness (QED) is 0.802. The molecule has 1 aromatic heterocycles. The highest BCUT2D eigenvalue weighted by Crippen LogP contribution is 2.33. The fourth-order valence-electron chi connectivity index (χ4n) is 4.01. The van der Waals surface area contributed by atoms with Crippen molar-refractivity contribution in [2.75, 3.05) is 31.1 Å². The average Bonchev–Trinajstić information content (AvgIpc) is 3.57. The van der Waals surface area contributed by atoms with Crippen LogP contribution in [0.25, 0.3) is 10.9 Å². The number of alkyl halides is 3. The van der Waals surface area contributed by atoms with Crippen molar-refractivity contribution in [1.29, 1.82) is 0 Å². The zero-order valence-corrected chi connectivity index (χ0v) is 17.5. The van der Waals surface area contributed by atoms with Gasteiger partial charge in [0.25, 0.3) is 0 Å². The summed E-state index contributed by atoms with van der Waals surface area (Å²) >= 11 is 0. The number of piperazine rings is 1. The zero-order valence-electron chi connectivity index (χ0n) is 17.5. The minimum absolute atomic E-state index is 0.154. The summed E-state index contributed by atoms with van der Waals surface area (Å²) in [5.41, 5.74) is 2.25. The number of carbonyl (C=O) groups is 2.